The molecule has 0 aliphatic rings. The predicted molar refractivity (Wildman–Crippen MR) is 182 cm³/mol. The standard InChI is InChI=1S/C29H68O8Si4/c1-30-25(31-2)38-21-13-9-17-29(18-10-14-22-39-26(32-3)33-4,19-11-15-23-40-27(34-5)35-6)20-12-16-24-41-28(36-7)37-8/h25-28H,9-24,38-41H2,1-8H3. The van der Waals surface area contributed by atoms with Gasteiger partial charge in [-0.3, -0.25) is 0 Å². The van der Waals surface area contributed by atoms with Crippen LogP contribution < -0.4 is 0 Å². The topological polar surface area (TPSA) is 73.8 Å². The van der Waals surface area contributed by atoms with Gasteiger partial charge in [-0.15, -0.1) is 0 Å². The van der Waals surface area contributed by atoms with Crippen molar-refractivity contribution >= 4 is 38.1 Å². The molecule has 0 aliphatic heterocycles. The summed E-state index contributed by atoms with van der Waals surface area (Å²) in [5.74, 6) is 0.246. The summed E-state index contributed by atoms with van der Waals surface area (Å²) in [4.78, 5) is 0. The van der Waals surface area contributed by atoms with E-state index in [0.717, 1.165) is 0 Å². The Hall–Kier alpha value is 0.548. The van der Waals surface area contributed by atoms with Gasteiger partial charge in [-0.05, 0) is 31.1 Å². The number of ether oxygens (including phenoxy) is 8. The zero-order valence-corrected chi connectivity index (χ0v) is 33.9. The van der Waals surface area contributed by atoms with Gasteiger partial charge in [0.1, 0.15) is 23.7 Å². The molecule has 0 saturated heterocycles. The Balaban J connectivity index is 5.19. The maximum absolute atomic E-state index is 5.47. The van der Waals surface area contributed by atoms with Gasteiger partial charge in [-0.25, -0.2) is 0 Å². The first-order chi connectivity index (χ1) is 20.0. The Morgan fingerprint density at radius 1 is 0.341 bits per heavy atom. The van der Waals surface area contributed by atoms with Crippen molar-refractivity contribution in [1.29, 1.82) is 0 Å². The molecule has 0 rings (SSSR count). The second-order valence-corrected chi connectivity index (χ2v) is 19.3. The van der Waals surface area contributed by atoms with E-state index in [0.29, 0.717) is 5.41 Å². The highest BCUT2D eigenvalue weighted by molar-refractivity contribution is 6.37. The molecule has 0 bridgehead atoms. The van der Waals surface area contributed by atoms with E-state index in [2.05, 4.69) is 0 Å². The minimum Gasteiger partial charge on any atom is -0.360 e. The Morgan fingerprint density at radius 3 is 0.707 bits per heavy atom. The molecule has 248 valence electrons. The van der Waals surface area contributed by atoms with E-state index < -0.39 is 0 Å². The van der Waals surface area contributed by atoms with Crippen molar-refractivity contribution in [3.8, 4) is 0 Å². The predicted octanol–water partition coefficient (Wildman–Crippen LogP) is 3.31. The molecule has 0 radical (unpaired) electrons. The second-order valence-electron chi connectivity index (χ2n) is 11.5. The lowest BCUT2D eigenvalue weighted by atomic mass is 9.71. The van der Waals surface area contributed by atoms with Gasteiger partial charge in [0.15, 0.2) is 0 Å². The van der Waals surface area contributed by atoms with Crippen molar-refractivity contribution in [1.82, 2.24) is 0 Å². The average Bonchev–Trinajstić information content (AvgIpc) is 3.00. The SMILES string of the molecule is COC(OC)[SiH2]CCCCC(CCCC[SiH2]C(OC)OC)(CCCC[SiH2]C(OC)OC)CCCC[SiH2]C(OC)OC. The largest absolute Gasteiger partial charge is 0.360 e. The van der Waals surface area contributed by atoms with Crippen LogP contribution in [0.2, 0.25) is 24.2 Å². The first-order valence-corrected chi connectivity index (χ1v) is 23.5. The molecule has 0 unspecified atom stereocenters. The number of unbranched alkanes of at least 4 members (excludes halogenated alkanes) is 4. The molecule has 41 heavy (non-hydrogen) atoms. The molecule has 0 aliphatic carbocycles. The van der Waals surface area contributed by atoms with Crippen LogP contribution in [-0.2, 0) is 37.9 Å². The lowest BCUT2D eigenvalue weighted by molar-refractivity contribution is -0.0442. The third-order valence-corrected chi connectivity index (χ3v) is 16.9. The van der Waals surface area contributed by atoms with E-state index in [4.69, 9.17) is 37.9 Å². The van der Waals surface area contributed by atoms with Crippen LogP contribution in [0.25, 0.3) is 0 Å². The van der Waals surface area contributed by atoms with Gasteiger partial charge in [0.2, 0.25) is 0 Å². The van der Waals surface area contributed by atoms with Crippen molar-refractivity contribution in [2.45, 2.75) is 125 Å². The van der Waals surface area contributed by atoms with Crippen molar-refractivity contribution in [2.24, 2.45) is 5.41 Å². The summed E-state index contributed by atoms with van der Waals surface area (Å²) in [7, 11) is 12.8. The van der Waals surface area contributed by atoms with Gasteiger partial charge in [-0.2, -0.15) is 0 Å². The molecule has 0 atom stereocenters. The normalized spacial score (nSPS) is 14.9. The van der Waals surface area contributed by atoms with Gasteiger partial charge in [-0.1, -0.05) is 75.5 Å². The summed E-state index contributed by atoms with van der Waals surface area (Å²) in [6, 6.07) is 5.19. The van der Waals surface area contributed by atoms with Gasteiger partial charge < -0.3 is 37.9 Å². The van der Waals surface area contributed by atoms with Gasteiger partial charge in [0, 0.05) is 56.9 Å². The van der Waals surface area contributed by atoms with E-state index in [1.165, 1.54) is 101 Å². The Bertz CT molecular complexity index is 443. The minimum atomic E-state index is -0.347. The van der Waals surface area contributed by atoms with Crippen LogP contribution in [0.4, 0.5) is 0 Å². The Kier molecular flexibility index (Phi) is 29.7. The van der Waals surface area contributed by atoms with E-state index in [1.54, 1.807) is 56.9 Å². The third kappa shape index (κ3) is 21.8. The summed E-state index contributed by atoms with van der Waals surface area (Å²) < 4.78 is 43.8. The molecule has 0 saturated carbocycles. The first-order valence-electron chi connectivity index (χ1n) is 16.2. The zero-order valence-electron chi connectivity index (χ0n) is 28.2. The van der Waals surface area contributed by atoms with Crippen molar-refractivity contribution in [3.05, 3.63) is 0 Å². The van der Waals surface area contributed by atoms with Gasteiger partial charge >= 0.3 is 0 Å². The van der Waals surface area contributed by atoms with Crippen LogP contribution in [0.1, 0.15) is 77.0 Å². The van der Waals surface area contributed by atoms with E-state index in [1.807, 2.05) is 0 Å². The number of hydrogen-bond donors (Lipinski definition) is 0. The molecular formula is C29H68O8Si4. The molecule has 0 aromatic rings. The van der Waals surface area contributed by atoms with Crippen LogP contribution in [-0.4, -0.2) is 119 Å². The molecule has 0 aromatic carbocycles. The van der Waals surface area contributed by atoms with Crippen LogP contribution in [0, 0.1) is 5.41 Å². The van der Waals surface area contributed by atoms with Gasteiger partial charge in [0.25, 0.3) is 0 Å². The highest BCUT2D eigenvalue weighted by Gasteiger charge is 2.28. The highest BCUT2D eigenvalue weighted by atomic mass is 28.2. The summed E-state index contributed by atoms with van der Waals surface area (Å²) >= 11 is 0. The lowest BCUT2D eigenvalue weighted by Crippen LogP contribution is -2.24. The van der Waals surface area contributed by atoms with Crippen LogP contribution in [0.3, 0.4) is 0 Å². The Morgan fingerprint density at radius 2 is 0.537 bits per heavy atom. The van der Waals surface area contributed by atoms with Crippen LogP contribution >= 0.6 is 0 Å². The fourth-order valence-corrected chi connectivity index (χ4v) is 11.8. The fraction of sp³-hybridized carbons (Fsp3) is 1.00. The fourth-order valence-electron chi connectivity index (χ4n) is 6.03. The third-order valence-electron chi connectivity index (χ3n) is 8.69. The van der Waals surface area contributed by atoms with E-state index in [-0.39, 0.29) is 61.7 Å². The van der Waals surface area contributed by atoms with Gasteiger partial charge in [0.05, 0.1) is 38.1 Å². The molecular weight excluding hydrogens is 589 g/mol. The summed E-state index contributed by atoms with van der Waals surface area (Å²) in [5, 5.41) is 0. The Labute approximate surface area is 262 Å². The highest BCUT2D eigenvalue weighted by Crippen LogP contribution is 2.42. The first kappa shape index (κ1) is 41.5. The number of hydrogen-bond acceptors (Lipinski definition) is 8. The molecule has 0 spiro atoms. The summed E-state index contributed by atoms with van der Waals surface area (Å²) in [5.41, 5.74) is 0.458. The van der Waals surface area contributed by atoms with Crippen LogP contribution in [0.15, 0.2) is 0 Å². The van der Waals surface area contributed by atoms with Crippen molar-refractivity contribution in [3.63, 3.8) is 0 Å². The maximum atomic E-state index is 5.47. The molecule has 8 nitrogen and oxygen atoms in total. The molecule has 0 heterocycles. The quantitative estimate of drug-likeness (QED) is 0.0621. The minimum absolute atomic E-state index is 0.0614. The van der Waals surface area contributed by atoms with Crippen LogP contribution in [0.5, 0.6) is 0 Å². The molecule has 0 N–H and O–H groups in total. The lowest BCUT2D eigenvalue weighted by Gasteiger charge is -2.35. The number of methoxy groups -OCH3 is 8. The van der Waals surface area contributed by atoms with E-state index in [9.17, 15) is 0 Å². The zero-order chi connectivity index (χ0) is 30.6. The smallest absolute Gasteiger partial charge is 0.134 e. The molecule has 0 aromatic heterocycles. The summed E-state index contributed by atoms with van der Waals surface area (Å²) in [6.07, 6.45) is 15.9. The molecule has 0 amide bonds. The number of rotatable bonds is 32. The monoisotopic (exact) mass is 656 g/mol. The average molecular weight is 657 g/mol. The second kappa shape index (κ2) is 29.3. The summed E-state index contributed by atoms with van der Waals surface area (Å²) in [6.45, 7) is 0. The van der Waals surface area contributed by atoms with Crippen molar-refractivity contribution in [2.75, 3.05) is 56.9 Å². The molecule has 12 heteroatoms. The van der Waals surface area contributed by atoms with E-state index >= 15 is 0 Å². The molecule has 0 fully saturated rings. The van der Waals surface area contributed by atoms with Crippen molar-refractivity contribution < 1.29 is 37.9 Å². The maximum Gasteiger partial charge on any atom is 0.134 e.